The highest BCUT2D eigenvalue weighted by Gasteiger charge is 2.18. The number of nitrogens with one attached hydrogen (secondary N) is 1. The zero-order valence-electron chi connectivity index (χ0n) is 12.4. The number of likely N-dealkylation sites (tertiary alicyclic amines) is 1. The Morgan fingerprint density at radius 3 is 2.52 bits per heavy atom. The summed E-state index contributed by atoms with van der Waals surface area (Å²) in [5.41, 5.74) is 7.41. The normalized spacial score (nSPS) is 16.9. The summed E-state index contributed by atoms with van der Waals surface area (Å²) in [5, 5.41) is 12.0. The molecule has 4 N–H and O–H groups in total. The van der Waals surface area contributed by atoms with Crippen molar-refractivity contribution in [2.75, 3.05) is 31.6 Å². The number of hydrogen-bond donors (Lipinski definition) is 3. The highest BCUT2D eigenvalue weighted by Crippen LogP contribution is 2.16. The van der Waals surface area contributed by atoms with E-state index in [4.69, 9.17) is 10.8 Å². The third-order valence-corrected chi connectivity index (χ3v) is 4.09. The molecule has 0 aromatic heterocycles. The van der Waals surface area contributed by atoms with Gasteiger partial charge in [-0.3, -0.25) is 4.79 Å². The van der Waals surface area contributed by atoms with Crippen molar-refractivity contribution in [1.82, 2.24) is 4.90 Å². The summed E-state index contributed by atoms with van der Waals surface area (Å²) >= 11 is 0. The van der Waals surface area contributed by atoms with E-state index in [1.165, 1.54) is 0 Å². The molecule has 1 fully saturated rings. The van der Waals surface area contributed by atoms with Crippen molar-refractivity contribution < 1.29 is 9.90 Å². The first-order chi connectivity index (χ1) is 10.2. The Morgan fingerprint density at radius 2 is 1.95 bits per heavy atom. The van der Waals surface area contributed by atoms with Crippen LogP contribution in [0.4, 0.5) is 5.69 Å². The second-order valence-corrected chi connectivity index (χ2v) is 5.67. The molecule has 0 saturated carbocycles. The van der Waals surface area contributed by atoms with E-state index in [2.05, 4.69) is 10.2 Å². The van der Waals surface area contributed by atoms with Crippen molar-refractivity contribution in [3.8, 4) is 0 Å². The van der Waals surface area contributed by atoms with Crippen LogP contribution in [0.1, 0.15) is 24.8 Å². The van der Waals surface area contributed by atoms with Crippen molar-refractivity contribution in [1.29, 1.82) is 0 Å². The maximum atomic E-state index is 11.9. The lowest BCUT2D eigenvalue weighted by molar-refractivity contribution is -0.116. The highest BCUT2D eigenvalue weighted by molar-refractivity contribution is 5.90. The lowest BCUT2D eigenvalue weighted by Crippen LogP contribution is -2.36. The maximum absolute atomic E-state index is 11.9. The average Bonchev–Trinajstić information content (AvgIpc) is 2.54. The van der Waals surface area contributed by atoms with Gasteiger partial charge in [0.15, 0.2) is 0 Å². The van der Waals surface area contributed by atoms with E-state index in [0.29, 0.717) is 18.9 Å². The Labute approximate surface area is 126 Å². The molecule has 0 spiro atoms. The first-order valence-corrected chi connectivity index (χ1v) is 7.63. The number of anilines is 1. The zero-order chi connectivity index (χ0) is 15.1. The van der Waals surface area contributed by atoms with E-state index in [-0.39, 0.29) is 12.5 Å². The molecule has 116 valence electrons. The van der Waals surface area contributed by atoms with E-state index in [9.17, 15) is 4.79 Å². The lowest BCUT2D eigenvalue weighted by Gasteiger charge is -2.30. The van der Waals surface area contributed by atoms with Crippen molar-refractivity contribution in [2.45, 2.75) is 25.8 Å². The SMILES string of the molecule is NCc1ccc(NC(=O)CCN2CCC(CO)CC2)cc1. The number of benzene rings is 1. The summed E-state index contributed by atoms with van der Waals surface area (Å²) in [6.45, 7) is 3.53. The van der Waals surface area contributed by atoms with E-state index in [1.807, 2.05) is 24.3 Å². The molecule has 2 rings (SSSR count). The van der Waals surface area contributed by atoms with Gasteiger partial charge in [0.25, 0.3) is 0 Å². The quantitative estimate of drug-likeness (QED) is 0.735. The number of aliphatic hydroxyl groups is 1. The van der Waals surface area contributed by atoms with Crippen LogP contribution in [0, 0.1) is 5.92 Å². The Kier molecular flexibility index (Phi) is 6.17. The number of rotatable bonds is 6. The van der Waals surface area contributed by atoms with Crippen LogP contribution < -0.4 is 11.1 Å². The van der Waals surface area contributed by atoms with Gasteiger partial charge in [-0.15, -0.1) is 0 Å². The minimum Gasteiger partial charge on any atom is -0.396 e. The molecule has 1 aliphatic rings. The van der Waals surface area contributed by atoms with E-state index in [1.54, 1.807) is 0 Å². The van der Waals surface area contributed by atoms with Crippen molar-refractivity contribution in [2.24, 2.45) is 11.7 Å². The average molecular weight is 291 g/mol. The molecule has 1 aliphatic heterocycles. The number of aliphatic hydroxyl groups excluding tert-OH is 1. The van der Waals surface area contributed by atoms with Gasteiger partial charge in [0.05, 0.1) is 0 Å². The molecule has 0 unspecified atom stereocenters. The fraction of sp³-hybridized carbons (Fsp3) is 0.562. The van der Waals surface area contributed by atoms with Gasteiger partial charge in [-0.1, -0.05) is 12.1 Å². The van der Waals surface area contributed by atoms with Gasteiger partial charge in [0.1, 0.15) is 0 Å². The standard InChI is InChI=1S/C16H25N3O2/c17-11-13-1-3-15(4-2-13)18-16(21)7-10-19-8-5-14(12-20)6-9-19/h1-4,14,20H,5-12,17H2,(H,18,21). The van der Waals surface area contributed by atoms with Crippen LogP contribution >= 0.6 is 0 Å². The van der Waals surface area contributed by atoms with E-state index >= 15 is 0 Å². The topological polar surface area (TPSA) is 78.6 Å². The van der Waals surface area contributed by atoms with Crippen molar-refractivity contribution >= 4 is 11.6 Å². The van der Waals surface area contributed by atoms with Crippen LogP contribution in [-0.2, 0) is 11.3 Å². The Hall–Kier alpha value is -1.43. The molecule has 1 saturated heterocycles. The molecule has 0 bridgehead atoms. The molecule has 1 aromatic carbocycles. The van der Waals surface area contributed by atoms with E-state index in [0.717, 1.165) is 43.7 Å². The smallest absolute Gasteiger partial charge is 0.225 e. The molecule has 0 atom stereocenters. The summed E-state index contributed by atoms with van der Waals surface area (Å²) in [4.78, 5) is 14.2. The number of carbonyl (C=O) groups is 1. The molecule has 0 aliphatic carbocycles. The third kappa shape index (κ3) is 5.12. The number of nitrogens with two attached hydrogens (primary N) is 1. The Bertz CT molecular complexity index is 439. The molecule has 1 heterocycles. The first-order valence-electron chi connectivity index (χ1n) is 7.63. The minimum absolute atomic E-state index is 0.0415. The maximum Gasteiger partial charge on any atom is 0.225 e. The highest BCUT2D eigenvalue weighted by atomic mass is 16.3. The van der Waals surface area contributed by atoms with Crippen LogP contribution in [0.15, 0.2) is 24.3 Å². The molecule has 0 radical (unpaired) electrons. The number of piperidine rings is 1. The zero-order valence-corrected chi connectivity index (χ0v) is 12.4. The van der Waals surface area contributed by atoms with Gasteiger partial charge in [-0.2, -0.15) is 0 Å². The molecular weight excluding hydrogens is 266 g/mol. The number of nitrogens with zero attached hydrogens (tertiary/aromatic N) is 1. The third-order valence-electron chi connectivity index (χ3n) is 4.09. The second kappa shape index (κ2) is 8.12. The second-order valence-electron chi connectivity index (χ2n) is 5.67. The van der Waals surface area contributed by atoms with Gasteiger partial charge in [-0.25, -0.2) is 0 Å². The van der Waals surface area contributed by atoms with Crippen molar-refractivity contribution in [3.63, 3.8) is 0 Å². The number of amides is 1. The summed E-state index contributed by atoms with van der Waals surface area (Å²) in [5.74, 6) is 0.482. The predicted octanol–water partition coefficient (Wildman–Crippen LogP) is 1.18. The monoisotopic (exact) mass is 291 g/mol. The van der Waals surface area contributed by atoms with Crippen LogP contribution in [-0.4, -0.2) is 42.2 Å². The number of carbonyl (C=O) groups excluding carboxylic acids is 1. The first kappa shape index (κ1) is 15.9. The fourth-order valence-electron chi connectivity index (χ4n) is 2.60. The largest absolute Gasteiger partial charge is 0.396 e. The van der Waals surface area contributed by atoms with Gasteiger partial charge < -0.3 is 21.1 Å². The van der Waals surface area contributed by atoms with Gasteiger partial charge in [-0.05, 0) is 49.5 Å². The van der Waals surface area contributed by atoms with Gasteiger partial charge in [0, 0.05) is 31.8 Å². The predicted molar refractivity (Wildman–Crippen MR) is 83.8 cm³/mol. The van der Waals surface area contributed by atoms with Crippen LogP contribution in [0.2, 0.25) is 0 Å². The molecular formula is C16H25N3O2. The van der Waals surface area contributed by atoms with Crippen LogP contribution in [0.3, 0.4) is 0 Å². The van der Waals surface area contributed by atoms with Gasteiger partial charge >= 0.3 is 0 Å². The summed E-state index contributed by atoms with van der Waals surface area (Å²) in [6.07, 6.45) is 2.56. The van der Waals surface area contributed by atoms with Crippen molar-refractivity contribution in [3.05, 3.63) is 29.8 Å². The molecule has 1 aromatic rings. The minimum atomic E-state index is 0.0415. The molecule has 21 heavy (non-hydrogen) atoms. The lowest BCUT2D eigenvalue weighted by atomic mass is 9.98. The fourth-order valence-corrected chi connectivity index (χ4v) is 2.60. The summed E-state index contributed by atoms with van der Waals surface area (Å²) < 4.78 is 0. The molecule has 5 nitrogen and oxygen atoms in total. The van der Waals surface area contributed by atoms with E-state index < -0.39 is 0 Å². The van der Waals surface area contributed by atoms with Crippen LogP contribution in [0.25, 0.3) is 0 Å². The molecule has 1 amide bonds. The Morgan fingerprint density at radius 1 is 1.29 bits per heavy atom. The number of hydrogen-bond acceptors (Lipinski definition) is 4. The Balaban J connectivity index is 1.69. The van der Waals surface area contributed by atoms with Gasteiger partial charge in [0.2, 0.25) is 5.91 Å². The molecule has 5 heteroatoms. The summed E-state index contributed by atoms with van der Waals surface area (Å²) in [6, 6.07) is 7.62. The summed E-state index contributed by atoms with van der Waals surface area (Å²) in [7, 11) is 0. The van der Waals surface area contributed by atoms with Crippen LogP contribution in [0.5, 0.6) is 0 Å².